The summed E-state index contributed by atoms with van der Waals surface area (Å²) in [5, 5.41) is 9.93. The Morgan fingerprint density at radius 3 is 2.75 bits per heavy atom. The molecule has 0 bridgehead atoms. The molecule has 1 aromatic heterocycles. The van der Waals surface area contributed by atoms with Crippen molar-refractivity contribution in [2.45, 2.75) is 32.3 Å². The second kappa shape index (κ2) is 7.28. The lowest BCUT2D eigenvalue weighted by molar-refractivity contribution is 0.152. The molecule has 2 nitrogen and oxygen atoms in total. The summed E-state index contributed by atoms with van der Waals surface area (Å²) in [6, 6.07) is 3.75. The van der Waals surface area contributed by atoms with E-state index >= 15 is 0 Å². The van der Waals surface area contributed by atoms with Crippen LogP contribution >= 0.6 is 22.9 Å². The van der Waals surface area contributed by atoms with Gasteiger partial charge in [0, 0.05) is 11.4 Å². The van der Waals surface area contributed by atoms with E-state index in [0.717, 1.165) is 28.7 Å². The van der Waals surface area contributed by atoms with Gasteiger partial charge in [0.1, 0.15) is 0 Å². The van der Waals surface area contributed by atoms with Crippen molar-refractivity contribution < 1.29 is 5.11 Å². The minimum Gasteiger partial charge on any atom is -0.388 e. The molecule has 1 N–H and O–H groups in total. The molecule has 1 aromatic rings. The Morgan fingerprint density at radius 1 is 1.44 bits per heavy atom. The van der Waals surface area contributed by atoms with Crippen LogP contribution in [0.15, 0.2) is 12.1 Å². The van der Waals surface area contributed by atoms with Crippen molar-refractivity contribution in [1.82, 2.24) is 4.90 Å². The maximum Gasteiger partial charge on any atom is 0.0932 e. The average Bonchev–Trinajstić information content (AvgIpc) is 2.69. The maximum atomic E-state index is 9.93. The Kier molecular flexibility index (Phi) is 6.36. The first-order valence-electron chi connectivity index (χ1n) is 5.75. The fourth-order valence-electron chi connectivity index (χ4n) is 1.53. The molecule has 0 spiro atoms. The molecule has 0 saturated carbocycles. The lowest BCUT2D eigenvalue weighted by Gasteiger charge is -2.17. The third kappa shape index (κ3) is 4.83. The first kappa shape index (κ1) is 14.0. The van der Waals surface area contributed by atoms with Crippen LogP contribution in [-0.4, -0.2) is 30.1 Å². The van der Waals surface area contributed by atoms with E-state index < -0.39 is 0 Å². The van der Waals surface area contributed by atoms with Crippen LogP contribution in [0.4, 0.5) is 0 Å². The minimum atomic E-state index is -0.374. The number of thiophene rings is 1. The molecule has 1 rings (SSSR count). The van der Waals surface area contributed by atoms with E-state index in [1.54, 1.807) is 0 Å². The number of unbranched alkanes of at least 4 members (excludes halogenated alkanes) is 1. The van der Waals surface area contributed by atoms with Crippen LogP contribution in [0.1, 0.15) is 37.2 Å². The number of aliphatic hydroxyl groups excluding tert-OH is 1. The van der Waals surface area contributed by atoms with Gasteiger partial charge in [-0.1, -0.05) is 24.9 Å². The van der Waals surface area contributed by atoms with Crippen LogP contribution in [0.3, 0.4) is 0 Å². The largest absolute Gasteiger partial charge is 0.388 e. The van der Waals surface area contributed by atoms with Gasteiger partial charge >= 0.3 is 0 Å². The number of aliphatic hydroxyl groups is 1. The Hall–Kier alpha value is -0.0900. The summed E-state index contributed by atoms with van der Waals surface area (Å²) in [7, 11) is 2.10. The standard InChI is InChI=1S/C12H20ClNOS/c1-3-4-8-14(2)9-7-10(15)11-5-6-12(13)16-11/h5-6,10,15H,3-4,7-9H2,1-2H3. The summed E-state index contributed by atoms with van der Waals surface area (Å²) in [6.07, 6.45) is 2.84. The predicted octanol–water partition coefficient (Wildman–Crippen LogP) is 3.56. The van der Waals surface area contributed by atoms with Crippen molar-refractivity contribution >= 4 is 22.9 Å². The number of hydrogen-bond acceptors (Lipinski definition) is 3. The van der Waals surface area contributed by atoms with E-state index in [9.17, 15) is 5.11 Å². The molecule has 92 valence electrons. The molecular formula is C12H20ClNOS. The third-order valence-corrected chi connectivity index (χ3v) is 3.93. The number of hydrogen-bond donors (Lipinski definition) is 1. The van der Waals surface area contributed by atoms with E-state index in [0.29, 0.717) is 0 Å². The average molecular weight is 262 g/mol. The van der Waals surface area contributed by atoms with Gasteiger partial charge in [-0.25, -0.2) is 0 Å². The Labute approximate surface area is 107 Å². The van der Waals surface area contributed by atoms with Crippen LogP contribution in [0, 0.1) is 0 Å². The highest BCUT2D eigenvalue weighted by Gasteiger charge is 2.10. The molecule has 0 fully saturated rings. The molecule has 0 aliphatic heterocycles. The van der Waals surface area contributed by atoms with E-state index in [1.165, 1.54) is 24.2 Å². The van der Waals surface area contributed by atoms with Gasteiger partial charge in [0.15, 0.2) is 0 Å². The van der Waals surface area contributed by atoms with Crippen molar-refractivity contribution in [2.75, 3.05) is 20.1 Å². The molecule has 16 heavy (non-hydrogen) atoms. The van der Waals surface area contributed by atoms with Gasteiger partial charge in [-0.3, -0.25) is 0 Å². The van der Waals surface area contributed by atoms with Gasteiger partial charge in [-0.15, -0.1) is 11.3 Å². The highest BCUT2D eigenvalue weighted by atomic mass is 35.5. The van der Waals surface area contributed by atoms with Gasteiger partial charge in [-0.2, -0.15) is 0 Å². The Balaban J connectivity index is 2.27. The maximum absolute atomic E-state index is 9.93. The van der Waals surface area contributed by atoms with Crippen molar-refractivity contribution in [1.29, 1.82) is 0 Å². The first-order valence-corrected chi connectivity index (χ1v) is 6.94. The fourth-order valence-corrected chi connectivity index (χ4v) is 2.61. The monoisotopic (exact) mass is 261 g/mol. The second-order valence-corrected chi connectivity index (χ2v) is 5.85. The minimum absolute atomic E-state index is 0.374. The molecule has 0 radical (unpaired) electrons. The number of rotatable bonds is 7. The highest BCUT2D eigenvalue weighted by Crippen LogP contribution is 2.28. The van der Waals surface area contributed by atoms with E-state index in [4.69, 9.17) is 11.6 Å². The second-order valence-electron chi connectivity index (χ2n) is 4.10. The van der Waals surface area contributed by atoms with Crippen molar-refractivity contribution in [2.24, 2.45) is 0 Å². The van der Waals surface area contributed by atoms with Crippen LogP contribution in [0.25, 0.3) is 0 Å². The lowest BCUT2D eigenvalue weighted by atomic mass is 10.2. The molecular weight excluding hydrogens is 242 g/mol. The smallest absolute Gasteiger partial charge is 0.0932 e. The fraction of sp³-hybridized carbons (Fsp3) is 0.667. The summed E-state index contributed by atoms with van der Waals surface area (Å²) in [6.45, 7) is 4.22. The summed E-state index contributed by atoms with van der Waals surface area (Å²) in [4.78, 5) is 3.23. The Morgan fingerprint density at radius 2 is 2.19 bits per heavy atom. The highest BCUT2D eigenvalue weighted by molar-refractivity contribution is 7.16. The molecule has 1 heterocycles. The van der Waals surface area contributed by atoms with E-state index in [2.05, 4.69) is 18.9 Å². The molecule has 0 aliphatic rings. The molecule has 0 aliphatic carbocycles. The van der Waals surface area contributed by atoms with Gasteiger partial charge in [-0.05, 0) is 38.6 Å². The van der Waals surface area contributed by atoms with Crippen LogP contribution in [-0.2, 0) is 0 Å². The van der Waals surface area contributed by atoms with Crippen LogP contribution in [0.2, 0.25) is 4.34 Å². The molecule has 0 aromatic carbocycles. The summed E-state index contributed by atoms with van der Waals surface area (Å²) in [5.41, 5.74) is 0. The van der Waals surface area contributed by atoms with Gasteiger partial charge in [0.05, 0.1) is 10.4 Å². The van der Waals surface area contributed by atoms with Crippen molar-refractivity contribution in [3.63, 3.8) is 0 Å². The molecule has 0 amide bonds. The van der Waals surface area contributed by atoms with Crippen molar-refractivity contribution in [3.8, 4) is 0 Å². The molecule has 1 unspecified atom stereocenters. The zero-order valence-electron chi connectivity index (χ0n) is 9.95. The predicted molar refractivity (Wildman–Crippen MR) is 71.3 cm³/mol. The third-order valence-electron chi connectivity index (χ3n) is 2.60. The Bertz CT molecular complexity index is 303. The number of halogens is 1. The zero-order valence-corrected chi connectivity index (χ0v) is 11.5. The van der Waals surface area contributed by atoms with Gasteiger partial charge in [0.2, 0.25) is 0 Å². The van der Waals surface area contributed by atoms with Gasteiger partial charge < -0.3 is 10.0 Å². The summed E-state index contributed by atoms with van der Waals surface area (Å²) < 4.78 is 0.744. The molecule has 4 heteroatoms. The van der Waals surface area contributed by atoms with Crippen LogP contribution in [0.5, 0.6) is 0 Å². The lowest BCUT2D eigenvalue weighted by Crippen LogP contribution is -2.22. The summed E-state index contributed by atoms with van der Waals surface area (Å²) in [5.74, 6) is 0. The van der Waals surface area contributed by atoms with Crippen LogP contribution < -0.4 is 0 Å². The normalized spacial score (nSPS) is 13.3. The zero-order chi connectivity index (χ0) is 12.0. The summed E-state index contributed by atoms with van der Waals surface area (Å²) >= 11 is 7.29. The number of nitrogens with zero attached hydrogens (tertiary/aromatic N) is 1. The van der Waals surface area contributed by atoms with E-state index in [1.807, 2.05) is 12.1 Å². The SMILES string of the molecule is CCCCN(C)CCC(O)c1ccc(Cl)s1. The molecule has 0 saturated heterocycles. The first-order chi connectivity index (χ1) is 7.63. The van der Waals surface area contributed by atoms with Gasteiger partial charge in [0.25, 0.3) is 0 Å². The van der Waals surface area contributed by atoms with Crippen molar-refractivity contribution in [3.05, 3.63) is 21.3 Å². The van der Waals surface area contributed by atoms with E-state index in [-0.39, 0.29) is 6.10 Å². The quantitative estimate of drug-likeness (QED) is 0.811. The molecule has 1 atom stereocenters. The topological polar surface area (TPSA) is 23.5 Å².